The number of nitro groups is 1. The standard InChI is InChI=1S/C29H30N2O4/c1-3-35-29(32)5-4-22-30(2)27-18-14-25(15-19-27)12-10-23-6-8-24(9-7-23)11-13-26-16-20-28(21-17-26)31(33)34/h6-21H,3-5,22H2,1-2H3/b12-10+,13-11+. The molecule has 0 aliphatic rings. The number of ether oxygens (including phenoxy) is 1. The van der Waals surface area contributed by atoms with Crippen molar-refractivity contribution in [2.75, 3.05) is 25.1 Å². The Labute approximate surface area is 206 Å². The third-order valence-electron chi connectivity index (χ3n) is 5.49. The number of hydrogen-bond donors (Lipinski definition) is 0. The molecular weight excluding hydrogens is 440 g/mol. The van der Waals surface area contributed by atoms with Crippen LogP contribution >= 0.6 is 0 Å². The van der Waals surface area contributed by atoms with Crippen LogP contribution in [-0.2, 0) is 9.53 Å². The van der Waals surface area contributed by atoms with E-state index in [9.17, 15) is 14.9 Å². The molecule has 0 aromatic heterocycles. The van der Waals surface area contributed by atoms with Crippen LogP contribution in [0.3, 0.4) is 0 Å². The van der Waals surface area contributed by atoms with E-state index in [0.29, 0.717) is 13.0 Å². The van der Waals surface area contributed by atoms with Gasteiger partial charge in [0.05, 0.1) is 11.5 Å². The number of hydrogen-bond acceptors (Lipinski definition) is 5. The van der Waals surface area contributed by atoms with Crippen LogP contribution in [0.2, 0.25) is 0 Å². The third kappa shape index (κ3) is 8.27. The molecule has 0 N–H and O–H groups in total. The molecule has 0 saturated heterocycles. The molecule has 0 aliphatic heterocycles. The van der Waals surface area contributed by atoms with Gasteiger partial charge in [0.1, 0.15) is 0 Å². The summed E-state index contributed by atoms with van der Waals surface area (Å²) in [4.78, 5) is 23.9. The lowest BCUT2D eigenvalue weighted by Crippen LogP contribution is -2.19. The second-order valence-electron chi connectivity index (χ2n) is 8.10. The maximum atomic E-state index is 11.5. The highest BCUT2D eigenvalue weighted by Gasteiger charge is 2.05. The van der Waals surface area contributed by atoms with Gasteiger partial charge in [-0.2, -0.15) is 0 Å². The van der Waals surface area contributed by atoms with Gasteiger partial charge in [-0.05, 0) is 59.9 Å². The molecule has 3 aromatic carbocycles. The average molecular weight is 471 g/mol. The van der Waals surface area contributed by atoms with Crippen LogP contribution in [0.25, 0.3) is 24.3 Å². The van der Waals surface area contributed by atoms with Crippen molar-refractivity contribution in [3.05, 3.63) is 105 Å². The van der Waals surface area contributed by atoms with E-state index in [-0.39, 0.29) is 11.7 Å². The first kappa shape index (κ1) is 25.4. The van der Waals surface area contributed by atoms with Crippen LogP contribution < -0.4 is 4.90 Å². The van der Waals surface area contributed by atoms with Crippen LogP contribution in [0.5, 0.6) is 0 Å². The SMILES string of the molecule is CCOC(=O)CCCN(C)c1ccc(/C=C/c2ccc(/C=C/c3ccc([N+](=O)[O-])cc3)cc2)cc1. The van der Waals surface area contributed by atoms with Gasteiger partial charge in [0.2, 0.25) is 0 Å². The van der Waals surface area contributed by atoms with Crippen molar-refractivity contribution in [2.45, 2.75) is 19.8 Å². The molecule has 0 spiro atoms. The highest BCUT2D eigenvalue weighted by molar-refractivity contribution is 5.73. The topological polar surface area (TPSA) is 72.7 Å². The second-order valence-corrected chi connectivity index (χ2v) is 8.10. The van der Waals surface area contributed by atoms with E-state index >= 15 is 0 Å². The molecule has 0 radical (unpaired) electrons. The predicted octanol–water partition coefficient (Wildman–Crippen LogP) is 6.72. The maximum Gasteiger partial charge on any atom is 0.305 e. The number of nitro benzene ring substituents is 1. The lowest BCUT2D eigenvalue weighted by atomic mass is 10.1. The van der Waals surface area contributed by atoms with E-state index in [1.54, 1.807) is 12.1 Å². The number of nitrogens with zero attached hydrogens (tertiary/aromatic N) is 2. The van der Waals surface area contributed by atoms with Gasteiger partial charge in [0.15, 0.2) is 0 Å². The van der Waals surface area contributed by atoms with Crippen molar-refractivity contribution in [3.8, 4) is 0 Å². The van der Waals surface area contributed by atoms with Crippen molar-refractivity contribution in [1.82, 2.24) is 0 Å². The molecule has 3 rings (SSSR count). The first-order chi connectivity index (χ1) is 16.9. The lowest BCUT2D eigenvalue weighted by Gasteiger charge is -2.19. The van der Waals surface area contributed by atoms with Crippen LogP contribution in [0.15, 0.2) is 72.8 Å². The summed E-state index contributed by atoms with van der Waals surface area (Å²) in [5.74, 6) is -0.144. The van der Waals surface area contributed by atoms with Gasteiger partial charge in [-0.15, -0.1) is 0 Å². The lowest BCUT2D eigenvalue weighted by molar-refractivity contribution is -0.384. The van der Waals surface area contributed by atoms with Crippen molar-refractivity contribution in [2.24, 2.45) is 0 Å². The average Bonchev–Trinajstić information content (AvgIpc) is 2.87. The van der Waals surface area contributed by atoms with E-state index < -0.39 is 4.92 Å². The van der Waals surface area contributed by atoms with Gasteiger partial charge in [-0.3, -0.25) is 14.9 Å². The highest BCUT2D eigenvalue weighted by Crippen LogP contribution is 2.18. The molecule has 0 fully saturated rings. The molecule has 35 heavy (non-hydrogen) atoms. The monoisotopic (exact) mass is 470 g/mol. The fourth-order valence-electron chi connectivity index (χ4n) is 3.47. The Kier molecular flexibility index (Phi) is 9.37. The number of esters is 1. The zero-order valence-corrected chi connectivity index (χ0v) is 20.1. The number of carbonyl (C=O) groups is 1. The zero-order chi connectivity index (χ0) is 25.0. The number of carbonyl (C=O) groups excluding carboxylic acids is 1. The summed E-state index contributed by atoms with van der Waals surface area (Å²) in [6.45, 7) is 3.04. The molecule has 0 saturated carbocycles. The van der Waals surface area contributed by atoms with E-state index in [4.69, 9.17) is 4.74 Å². The molecule has 0 amide bonds. The van der Waals surface area contributed by atoms with Crippen LogP contribution in [0.4, 0.5) is 11.4 Å². The van der Waals surface area contributed by atoms with Crippen LogP contribution in [0.1, 0.15) is 42.0 Å². The molecule has 180 valence electrons. The summed E-state index contributed by atoms with van der Waals surface area (Å²) in [5, 5.41) is 10.7. The van der Waals surface area contributed by atoms with E-state index in [1.165, 1.54) is 12.1 Å². The Bertz CT molecular complexity index is 1160. The summed E-state index contributed by atoms with van der Waals surface area (Å²) < 4.78 is 4.97. The number of rotatable bonds is 11. The van der Waals surface area contributed by atoms with Crippen molar-refractivity contribution < 1.29 is 14.5 Å². The number of benzene rings is 3. The van der Waals surface area contributed by atoms with Crippen molar-refractivity contribution >= 4 is 41.6 Å². The Morgan fingerprint density at radius 1 is 0.829 bits per heavy atom. The summed E-state index contributed by atoms with van der Waals surface area (Å²) in [6, 6.07) is 23.0. The fraction of sp³-hybridized carbons (Fsp3) is 0.207. The molecule has 0 unspecified atom stereocenters. The van der Waals surface area contributed by atoms with E-state index in [0.717, 1.165) is 40.9 Å². The minimum absolute atomic E-state index is 0.0889. The maximum absolute atomic E-state index is 11.5. The molecule has 0 aliphatic carbocycles. The molecule has 3 aromatic rings. The predicted molar refractivity (Wildman–Crippen MR) is 143 cm³/mol. The fourth-order valence-corrected chi connectivity index (χ4v) is 3.47. The Morgan fingerprint density at radius 3 is 1.69 bits per heavy atom. The van der Waals surface area contributed by atoms with Gasteiger partial charge >= 0.3 is 5.97 Å². The minimum atomic E-state index is -0.399. The van der Waals surface area contributed by atoms with Gasteiger partial charge in [-0.25, -0.2) is 0 Å². The molecule has 0 atom stereocenters. The summed E-state index contributed by atoms with van der Waals surface area (Å²) in [6.07, 6.45) is 9.26. The molecule has 6 heteroatoms. The van der Waals surface area contributed by atoms with Gasteiger partial charge in [-0.1, -0.05) is 60.7 Å². The quantitative estimate of drug-likeness (QED) is 0.135. The highest BCUT2D eigenvalue weighted by atomic mass is 16.6. The van der Waals surface area contributed by atoms with Gasteiger partial charge in [0.25, 0.3) is 5.69 Å². The summed E-state index contributed by atoms with van der Waals surface area (Å²) >= 11 is 0. The van der Waals surface area contributed by atoms with Crippen molar-refractivity contribution in [3.63, 3.8) is 0 Å². The summed E-state index contributed by atoms with van der Waals surface area (Å²) in [5.41, 5.74) is 5.36. The Morgan fingerprint density at radius 2 is 1.26 bits per heavy atom. The Balaban J connectivity index is 1.51. The van der Waals surface area contributed by atoms with Gasteiger partial charge < -0.3 is 9.64 Å². The van der Waals surface area contributed by atoms with Crippen molar-refractivity contribution in [1.29, 1.82) is 0 Å². The van der Waals surface area contributed by atoms with E-state index in [1.807, 2.05) is 38.3 Å². The van der Waals surface area contributed by atoms with E-state index in [2.05, 4.69) is 53.5 Å². The zero-order valence-electron chi connectivity index (χ0n) is 20.1. The molecule has 6 nitrogen and oxygen atoms in total. The number of non-ortho nitro benzene ring substituents is 1. The molecule has 0 heterocycles. The normalized spacial score (nSPS) is 11.1. The second kappa shape index (κ2) is 12.9. The van der Waals surface area contributed by atoms with Crippen LogP contribution in [0, 0.1) is 10.1 Å². The van der Waals surface area contributed by atoms with Crippen LogP contribution in [-0.4, -0.2) is 31.1 Å². The first-order valence-corrected chi connectivity index (χ1v) is 11.6. The third-order valence-corrected chi connectivity index (χ3v) is 5.49. The first-order valence-electron chi connectivity index (χ1n) is 11.6. The smallest absolute Gasteiger partial charge is 0.305 e. The molecular formula is C29H30N2O4. The minimum Gasteiger partial charge on any atom is -0.466 e. The van der Waals surface area contributed by atoms with Gasteiger partial charge in [0, 0.05) is 37.8 Å². The number of anilines is 1. The molecule has 0 bridgehead atoms. The largest absolute Gasteiger partial charge is 0.466 e. The summed E-state index contributed by atoms with van der Waals surface area (Å²) in [7, 11) is 2.02. The Hall–Kier alpha value is -4.19.